The van der Waals surface area contributed by atoms with Gasteiger partial charge >= 0.3 is 0 Å². The Morgan fingerprint density at radius 3 is 2.82 bits per heavy atom. The van der Waals surface area contributed by atoms with E-state index < -0.39 is 10.0 Å². The molecule has 0 amide bonds. The van der Waals surface area contributed by atoms with Gasteiger partial charge in [-0.1, -0.05) is 6.92 Å². The second-order valence-corrected chi connectivity index (χ2v) is 10.1. The van der Waals surface area contributed by atoms with Gasteiger partial charge in [-0.2, -0.15) is 24.3 Å². The van der Waals surface area contributed by atoms with E-state index in [1.54, 1.807) is 24.0 Å². The largest absolute Gasteiger partial charge is 0.489 e. The number of aromatic amines is 1. The van der Waals surface area contributed by atoms with Gasteiger partial charge in [0.1, 0.15) is 0 Å². The zero-order valence-corrected chi connectivity index (χ0v) is 19.9. The van der Waals surface area contributed by atoms with Gasteiger partial charge in [-0.15, -0.1) is 10.2 Å². The average molecular weight is 487 g/mol. The lowest BCUT2D eigenvalue weighted by Crippen LogP contribution is -2.47. The summed E-state index contributed by atoms with van der Waals surface area (Å²) < 4.78 is 34.8. The number of hydrogen-bond acceptors (Lipinski definition) is 9. The molecule has 5 heterocycles. The van der Waals surface area contributed by atoms with E-state index in [0.29, 0.717) is 43.5 Å². The molecule has 0 aromatic carbocycles. The molecule has 180 valence electrons. The Hall–Kier alpha value is -3.52. The van der Waals surface area contributed by atoms with Gasteiger partial charge in [-0.25, -0.2) is 12.9 Å². The van der Waals surface area contributed by atoms with Crippen LogP contribution in [0, 0.1) is 5.92 Å². The van der Waals surface area contributed by atoms with Gasteiger partial charge in [0.25, 0.3) is 10.0 Å². The first kappa shape index (κ1) is 22.3. The van der Waals surface area contributed by atoms with Crippen molar-refractivity contribution in [2.45, 2.75) is 31.3 Å². The zero-order valence-electron chi connectivity index (χ0n) is 19.1. The van der Waals surface area contributed by atoms with Gasteiger partial charge in [0.2, 0.25) is 11.0 Å². The number of sulfonamides is 1. The molecule has 1 aliphatic rings. The van der Waals surface area contributed by atoms with Crippen LogP contribution in [-0.4, -0.2) is 78.3 Å². The van der Waals surface area contributed by atoms with Crippen LogP contribution in [0.2, 0.25) is 0 Å². The Balaban J connectivity index is 1.35. The number of pyridine rings is 1. The van der Waals surface area contributed by atoms with Gasteiger partial charge in [-0.3, -0.25) is 5.10 Å². The number of aromatic nitrogens is 8. The fourth-order valence-corrected chi connectivity index (χ4v) is 5.62. The standard InChI is InChI=1S/C20H26N10O3S/c1-4-33-18-15(14-9-21-22-10-14)5-8-30-19(18)25-20(27-30)24-16-6-7-29(12-13(16)2)34(31,32)17-11-23-28(3)26-17/h5,8-11,13,16H,4,6-7,12H2,1-3H3,(H,21,22)(H,24,27)/t13-,16+/m1/s1. The van der Waals surface area contributed by atoms with Crippen LogP contribution in [0.4, 0.5) is 5.95 Å². The van der Waals surface area contributed by atoms with E-state index in [4.69, 9.17) is 4.74 Å². The summed E-state index contributed by atoms with van der Waals surface area (Å²) in [5, 5.41) is 22.6. The smallest absolute Gasteiger partial charge is 0.264 e. The Bertz CT molecular complexity index is 1400. The zero-order chi connectivity index (χ0) is 23.9. The lowest BCUT2D eigenvalue weighted by Gasteiger charge is -2.35. The Morgan fingerprint density at radius 2 is 2.15 bits per heavy atom. The summed E-state index contributed by atoms with van der Waals surface area (Å²) >= 11 is 0. The molecule has 1 fully saturated rings. The predicted octanol–water partition coefficient (Wildman–Crippen LogP) is 1.16. The fourth-order valence-electron chi connectivity index (χ4n) is 4.18. The van der Waals surface area contributed by atoms with E-state index in [2.05, 4.69) is 35.8 Å². The molecule has 0 saturated carbocycles. The van der Waals surface area contributed by atoms with E-state index in [0.717, 1.165) is 11.1 Å². The van der Waals surface area contributed by atoms with E-state index in [1.807, 2.05) is 26.1 Å². The van der Waals surface area contributed by atoms with Gasteiger partial charge in [-0.05, 0) is 25.3 Å². The third-order valence-corrected chi connectivity index (χ3v) is 7.65. The SMILES string of the molecule is CCOc1c(-c2cn[nH]c2)ccn2nc(N[C@H]3CCN(S(=O)(=O)c4cnn(C)n4)C[C@H]3C)nc12. The van der Waals surface area contributed by atoms with Crippen molar-refractivity contribution in [3.8, 4) is 16.9 Å². The molecule has 13 nitrogen and oxygen atoms in total. The summed E-state index contributed by atoms with van der Waals surface area (Å²) in [4.78, 5) is 5.92. The number of hydrogen-bond donors (Lipinski definition) is 2. The molecule has 14 heteroatoms. The van der Waals surface area contributed by atoms with E-state index >= 15 is 0 Å². The molecule has 2 N–H and O–H groups in total. The van der Waals surface area contributed by atoms with Gasteiger partial charge in [0.15, 0.2) is 11.4 Å². The molecule has 1 aliphatic heterocycles. The minimum Gasteiger partial charge on any atom is -0.489 e. The number of ether oxygens (including phenoxy) is 1. The molecule has 2 atom stereocenters. The predicted molar refractivity (Wildman–Crippen MR) is 123 cm³/mol. The number of nitrogens with one attached hydrogen (secondary N) is 2. The Kier molecular flexibility index (Phi) is 5.69. The minimum absolute atomic E-state index is 0.00890. The maximum Gasteiger partial charge on any atom is 0.264 e. The van der Waals surface area contributed by atoms with E-state index in [1.165, 1.54) is 15.3 Å². The highest BCUT2D eigenvalue weighted by Crippen LogP contribution is 2.33. The maximum absolute atomic E-state index is 12.9. The van der Waals surface area contributed by atoms with Crippen molar-refractivity contribution in [3.63, 3.8) is 0 Å². The second-order valence-electron chi connectivity index (χ2n) is 8.23. The Morgan fingerprint density at radius 1 is 1.29 bits per heavy atom. The second kappa shape index (κ2) is 8.68. The van der Waals surface area contributed by atoms with Crippen molar-refractivity contribution in [2.24, 2.45) is 13.0 Å². The molecular weight excluding hydrogens is 460 g/mol. The van der Waals surface area contributed by atoms with Crippen molar-refractivity contribution < 1.29 is 13.2 Å². The molecule has 34 heavy (non-hydrogen) atoms. The topological polar surface area (TPSA) is 148 Å². The number of fused-ring (bicyclic) bond motifs is 1. The third kappa shape index (κ3) is 3.98. The van der Waals surface area contributed by atoms with Crippen LogP contribution in [0.1, 0.15) is 20.3 Å². The van der Waals surface area contributed by atoms with Crippen LogP contribution in [-0.2, 0) is 17.1 Å². The highest BCUT2D eigenvalue weighted by Gasteiger charge is 2.35. The van der Waals surface area contributed by atoms with Gasteiger partial charge in [0.05, 0.1) is 19.0 Å². The fraction of sp³-hybridized carbons (Fsp3) is 0.450. The molecule has 5 rings (SSSR count). The molecule has 0 unspecified atom stereocenters. The lowest BCUT2D eigenvalue weighted by molar-refractivity contribution is 0.260. The molecule has 4 aromatic rings. The number of piperidine rings is 1. The van der Waals surface area contributed by atoms with Crippen molar-refractivity contribution in [2.75, 3.05) is 25.0 Å². The van der Waals surface area contributed by atoms with Crippen LogP contribution in [0.3, 0.4) is 0 Å². The van der Waals surface area contributed by atoms with E-state index in [9.17, 15) is 8.42 Å². The van der Waals surface area contributed by atoms with Crippen molar-refractivity contribution in [1.29, 1.82) is 0 Å². The number of rotatable bonds is 7. The number of H-pyrrole nitrogens is 1. The molecule has 1 saturated heterocycles. The normalized spacial score (nSPS) is 19.5. The molecule has 0 bridgehead atoms. The first-order valence-electron chi connectivity index (χ1n) is 11.0. The number of anilines is 1. The molecule has 0 aliphatic carbocycles. The summed E-state index contributed by atoms with van der Waals surface area (Å²) in [7, 11) is -2.09. The molecule has 0 radical (unpaired) electrons. The summed E-state index contributed by atoms with van der Waals surface area (Å²) in [5.41, 5.74) is 2.37. The van der Waals surface area contributed by atoms with Crippen LogP contribution >= 0.6 is 0 Å². The first-order chi connectivity index (χ1) is 16.4. The van der Waals surface area contributed by atoms with Crippen LogP contribution in [0.15, 0.2) is 35.9 Å². The van der Waals surface area contributed by atoms with Crippen molar-refractivity contribution in [1.82, 2.24) is 44.1 Å². The number of aryl methyl sites for hydroxylation is 1. The maximum atomic E-state index is 12.9. The van der Waals surface area contributed by atoms with Crippen LogP contribution < -0.4 is 10.1 Å². The quantitative estimate of drug-likeness (QED) is 0.392. The highest BCUT2D eigenvalue weighted by atomic mass is 32.2. The summed E-state index contributed by atoms with van der Waals surface area (Å²) in [5.74, 6) is 1.12. The van der Waals surface area contributed by atoms with Crippen LogP contribution in [0.25, 0.3) is 16.8 Å². The average Bonchev–Trinajstić information content (AvgIpc) is 3.56. The number of nitrogens with zero attached hydrogens (tertiary/aromatic N) is 8. The van der Waals surface area contributed by atoms with Gasteiger partial charge < -0.3 is 10.1 Å². The van der Waals surface area contributed by atoms with E-state index in [-0.39, 0.29) is 17.0 Å². The summed E-state index contributed by atoms with van der Waals surface area (Å²) in [6.07, 6.45) is 7.24. The minimum atomic E-state index is -3.68. The summed E-state index contributed by atoms with van der Waals surface area (Å²) in [6.45, 7) is 5.13. The highest BCUT2D eigenvalue weighted by molar-refractivity contribution is 7.89. The molecular formula is C20H26N10O3S. The summed E-state index contributed by atoms with van der Waals surface area (Å²) in [6, 6.07) is 1.93. The first-order valence-corrected chi connectivity index (χ1v) is 12.4. The Labute approximate surface area is 196 Å². The van der Waals surface area contributed by atoms with Crippen molar-refractivity contribution in [3.05, 3.63) is 30.9 Å². The molecule has 0 spiro atoms. The molecule has 4 aromatic heterocycles. The van der Waals surface area contributed by atoms with Gasteiger partial charge in [0, 0.05) is 49.7 Å². The lowest BCUT2D eigenvalue weighted by atomic mass is 9.95. The third-order valence-electron chi connectivity index (χ3n) is 5.92. The van der Waals surface area contributed by atoms with Crippen LogP contribution in [0.5, 0.6) is 5.75 Å². The monoisotopic (exact) mass is 486 g/mol. The van der Waals surface area contributed by atoms with Crippen molar-refractivity contribution >= 4 is 21.6 Å².